The van der Waals surface area contributed by atoms with Gasteiger partial charge in [0.15, 0.2) is 5.16 Å². The summed E-state index contributed by atoms with van der Waals surface area (Å²) < 4.78 is 6.94. The molecule has 1 saturated heterocycles. The van der Waals surface area contributed by atoms with E-state index in [1.807, 2.05) is 30.3 Å². The molecule has 1 fully saturated rings. The van der Waals surface area contributed by atoms with Crippen molar-refractivity contribution in [3.63, 3.8) is 0 Å². The predicted molar refractivity (Wildman–Crippen MR) is 119 cm³/mol. The fraction of sp³-hybridized carbons (Fsp3) is 0.304. The van der Waals surface area contributed by atoms with Crippen LogP contribution in [0.1, 0.15) is 15.9 Å². The fourth-order valence-corrected chi connectivity index (χ4v) is 4.26. The SMILES string of the molecule is N#CCSc1nc2cc(C(=O)N3CCOCC3)ccc2c(=O)n1CCc1ccccc1. The molecule has 0 aliphatic carbocycles. The summed E-state index contributed by atoms with van der Waals surface area (Å²) in [5, 5.41) is 9.98. The van der Waals surface area contributed by atoms with Crippen molar-refractivity contribution in [1.82, 2.24) is 14.5 Å². The van der Waals surface area contributed by atoms with Crippen LogP contribution in [0.4, 0.5) is 0 Å². The summed E-state index contributed by atoms with van der Waals surface area (Å²) in [5.41, 5.74) is 1.93. The number of ether oxygens (including phenoxy) is 1. The molecule has 0 unspecified atom stereocenters. The van der Waals surface area contributed by atoms with Crippen LogP contribution in [0.15, 0.2) is 58.5 Å². The number of thioether (sulfide) groups is 1. The highest BCUT2D eigenvalue weighted by atomic mass is 32.2. The highest BCUT2D eigenvalue weighted by Gasteiger charge is 2.20. The van der Waals surface area contributed by atoms with Crippen LogP contribution in [0.25, 0.3) is 10.9 Å². The van der Waals surface area contributed by atoms with E-state index in [9.17, 15) is 9.59 Å². The van der Waals surface area contributed by atoms with E-state index in [-0.39, 0.29) is 17.2 Å². The van der Waals surface area contributed by atoms with Crippen LogP contribution in [0.3, 0.4) is 0 Å². The minimum atomic E-state index is -0.160. The van der Waals surface area contributed by atoms with Gasteiger partial charge in [-0.15, -0.1) is 0 Å². The maximum Gasteiger partial charge on any atom is 0.262 e. The lowest BCUT2D eigenvalue weighted by molar-refractivity contribution is 0.0303. The maximum atomic E-state index is 13.2. The van der Waals surface area contributed by atoms with E-state index in [4.69, 9.17) is 10.00 Å². The number of rotatable bonds is 6. The van der Waals surface area contributed by atoms with E-state index in [0.717, 1.165) is 5.56 Å². The Morgan fingerprint density at radius 2 is 1.94 bits per heavy atom. The molecule has 1 aliphatic heterocycles. The highest BCUT2D eigenvalue weighted by molar-refractivity contribution is 7.99. The normalized spacial score (nSPS) is 13.8. The lowest BCUT2D eigenvalue weighted by Crippen LogP contribution is -2.40. The molecule has 3 aromatic rings. The molecule has 1 amide bonds. The molecule has 158 valence electrons. The number of carbonyl (C=O) groups excluding carboxylic acids is 1. The summed E-state index contributed by atoms with van der Waals surface area (Å²) in [5.74, 6) is 0.0989. The largest absolute Gasteiger partial charge is 0.378 e. The molecular formula is C23H22N4O3S. The van der Waals surface area contributed by atoms with Gasteiger partial charge in [0.2, 0.25) is 0 Å². The summed E-state index contributed by atoms with van der Waals surface area (Å²) in [6, 6.07) is 17.1. The average molecular weight is 435 g/mol. The number of hydrogen-bond donors (Lipinski definition) is 0. The maximum absolute atomic E-state index is 13.2. The lowest BCUT2D eigenvalue weighted by Gasteiger charge is -2.26. The van der Waals surface area contributed by atoms with Gasteiger partial charge in [0.1, 0.15) is 0 Å². The Balaban J connectivity index is 1.68. The van der Waals surface area contributed by atoms with Gasteiger partial charge in [0, 0.05) is 25.2 Å². The first-order valence-electron chi connectivity index (χ1n) is 10.1. The van der Waals surface area contributed by atoms with E-state index in [1.165, 1.54) is 11.8 Å². The summed E-state index contributed by atoms with van der Waals surface area (Å²) in [6.45, 7) is 2.62. The molecule has 4 rings (SSSR count). The quantitative estimate of drug-likeness (QED) is 0.438. The number of carbonyl (C=O) groups is 1. The Hall–Kier alpha value is -3.15. The van der Waals surface area contributed by atoms with E-state index in [1.54, 1.807) is 27.7 Å². The van der Waals surface area contributed by atoms with Crippen LogP contribution < -0.4 is 5.56 Å². The van der Waals surface area contributed by atoms with Crippen molar-refractivity contribution in [3.05, 3.63) is 70.0 Å². The van der Waals surface area contributed by atoms with Gasteiger partial charge in [-0.3, -0.25) is 14.2 Å². The van der Waals surface area contributed by atoms with Crippen molar-refractivity contribution in [3.8, 4) is 6.07 Å². The van der Waals surface area contributed by atoms with E-state index >= 15 is 0 Å². The second-order valence-corrected chi connectivity index (χ2v) is 8.11. The minimum Gasteiger partial charge on any atom is -0.378 e. The third-order valence-corrected chi connectivity index (χ3v) is 6.04. The third-order valence-electron chi connectivity index (χ3n) is 5.20. The van der Waals surface area contributed by atoms with Gasteiger partial charge < -0.3 is 9.64 Å². The van der Waals surface area contributed by atoms with Gasteiger partial charge in [0.25, 0.3) is 11.5 Å². The fourth-order valence-electron chi connectivity index (χ4n) is 3.57. The summed E-state index contributed by atoms with van der Waals surface area (Å²) in [4.78, 5) is 32.5. The Bertz CT molecular complexity index is 1180. The molecule has 1 aliphatic rings. The Morgan fingerprint density at radius 3 is 2.68 bits per heavy atom. The molecule has 2 aromatic carbocycles. The molecule has 0 bridgehead atoms. The topological polar surface area (TPSA) is 88.2 Å². The number of aryl methyl sites for hydroxylation is 1. The van der Waals surface area contributed by atoms with Gasteiger partial charge in [-0.2, -0.15) is 5.26 Å². The first-order valence-corrected chi connectivity index (χ1v) is 11.1. The summed E-state index contributed by atoms with van der Waals surface area (Å²) in [6.07, 6.45) is 0.682. The van der Waals surface area contributed by atoms with E-state index < -0.39 is 0 Å². The number of hydrogen-bond acceptors (Lipinski definition) is 6. The van der Waals surface area contributed by atoms with E-state index in [2.05, 4.69) is 11.1 Å². The van der Waals surface area contributed by atoms with Crippen LogP contribution >= 0.6 is 11.8 Å². The van der Waals surface area contributed by atoms with Crippen LogP contribution in [0, 0.1) is 11.3 Å². The zero-order valence-electron chi connectivity index (χ0n) is 17.0. The van der Waals surface area contributed by atoms with Crippen LogP contribution in [0.5, 0.6) is 0 Å². The molecule has 0 atom stereocenters. The van der Waals surface area contributed by atoms with Crippen molar-refractivity contribution in [2.75, 3.05) is 32.1 Å². The lowest BCUT2D eigenvalue weighted by atomic mass is 10.1. The van der Waals surface area contributed by atoms with Gasteiger partial charge in [-0.25, -0.2) is 4.98 Å². The van der Waals surface area contributed by atoms with Crippen molar-refractivity contribution in [2.24, 2.45) is 0 Å². The second-order valence-electron chi connectivity index (χ2n) is 7.17. The van der Waals surface area contributed by atoms with Crippen molar-refractivity contribution in [1.29, 1.82) is 5.26 Å². The number of amides is 1. The van der Waals surface area contributed by atoms with Gasteiger partial charge >= 0.3 is 0 Å². The Labute approximate surface area is 184 Å². The summed E-state index contributed by atoms with van der Waals surface area (Å²) in [7, 11) is 0. The molecule has 0 spiro atoms. The molecule has 31 heavy (non-hydrogen) atoms. The highest BCUT2D eigenvalue weighted by Crippen LogP contribution is 2.20. The molecule has 0 N–H and O–H groups in total. The monoisotopic (exact) mass is 434 g/mol. The van der Waals surface area contributed by atoms with Gasteiger partial charge in [0.05, 0.1) is 35.9 Å². The zero-order chi connectivity index (χ0) is 21.6. The number of fused-ring (bicyclic) bond motifs is 1. The first-order chi connectivity index (χ1) is 15.2. The number of nitrogens with zero attached hydrogens (tertiary/aromatic N) is 4. The molecule has 0 radical (unpaired) electrons. The summed E-state index contributed by atoms with van der Waals surface area (Å²) >= 11 is 1.23. The molecule has 7 nitrogen and oxygen atoms in total. The number of morpholine rings is 1. The Morgan fingerprint density at radius 1 is 1.16 bits per heavy atom. The van der Waals surface area contributed by atoms with Crippen LogP contribution in [-0.4, -0.2) is 52.4 Å². The third kappa shape index (κ3) is 4.79. The molecule has 1 aromatic heterocycles. The standard InChI is InChI=1S/C23H22N4O3S/c24-9-15-31-23-25-20-16-18(21(28)26-11-13-30-14-12-26)6-7-19(20)22(29)27(23)10-8-17-4-2-1-3-5-17/h1-7,16H,8,10-15H2. The molecule has 8 heteroatoms. The van der Waals surface area contributed by atoms with Gasteiger partial charge in [-0.1, -0.05) is 42.1 Å². The number of aromatic nitrogens is 2. The number of benzene rings is 2. The minimum absolute atomic E-state index is 0.0912. The second kappa shape index (κ2) is 9.77. The predicted octanol–water partition coefficient (Wildman–Crippen LogP) is 2.73. The zero-order valence-corrected chi connectivity index (χ0v) is 17.8. The van der Waals surface area contributed by atoms with Crippen LogP contribution in [-0.2, 0) is 17.7 Å². The number of nitriles is 1. The van der Waals surface area contributed by atoms with Crippen molar-refractivity contribution < 1.29 is 9.53 Å². The van der Waals surface area contributed by atoms with Crippen molar-refractivity contribution >= 4 is 28.6 Å². The Kier molecular flexibility index (Phi) is 6.65. The van der Waals surface area contributed by atoms with E-state index in [0.29, 0.717) is 60.9 Å². The first kappa shape index (κ1) is 21.1. The van der Waals surface area contributed by atoms with Crippen LogP contribution in [0.2, 0.25) is 0 Å². The smallest absolute Gasteiger partial charge is 0.262 e. The van der Waals surface area contributed by atoms with Gasteiger partial charge in [-0.05, 0) is 30.2 Å². The van der Waals surface area contributed by atoms with Crippen molar-refractivity contribution in [2.45, 2.75) is 18.1 Å². The average Bonchev–Trinajstić information content (AvgIpc) is 2.82. The molecular weight excluding hydrogens is 412 g/mol. The molecule has 0 saturated carbocycles. The molecule has 2 heterocycles.